The molecule has 1 aromatic carbocycles. The number of nitrogens with zero attached hydrogens (tertiary/aromatic N) is 1. The third-order valence-electron chi connectivity index (χ3n) is 5.73. The highest BCUT2D eigenvalue weighted by Crippen LogP contribution is 2.30. The molecule has 2 saturated heterocycles. The number of ether oxygens (including phenoxy) is 2. The fraction of sp³-hybridized carbons (Fsp3) is 0.700. The zero-order valence-electron chi connectivity index (χ0n) is 17.0. The molecule has 29 heavy (non-hydrogen) atoms. The van der Waals surface area contributed by atoms with Crippen LogP contribution in [0.5, 0.6) is 0 Å². The molecule has 1 aromatic rings. The van der Waals surface area contributed by atoms with Crippen LogP contribution in [-0.2, 0) is 19.5 Å². The average molecular weight is 430 g/mol. The standard InChI is InChI=1S/C20H31NO7S/c1-12-6-8-16(9-7-12)29(25,26)21-10-4-5-15(21)11-13(2)27-20-19(24)18(23)17(22)14(3)28-20/h6-9,13-15,17-20,22-24H,4-5,10-11H2,1-3H3/t13-,14-,15+,17+,18+,19-,20-/m0/s1. The first-order chi connectivity index (χ1) is 13.6. The summed E-state index contributed by atoms with van der Waals surface area (Å²) in [5.41, 5.74) is 0.997. The van der Waals surface area contributed by atoms with Crippen molar-refractivity contribution in [2.75, 3.05) is 6.54 Å². The van der Waals surface area contributed by atoms with Gasteiger partial charge in [-0.15, -0.1) is 0 Å². The summed E-state index contributed by atoms with van der Waals surface area (Å²) in [6.45, 7) is 5.74. The van der Waals surface area contributed by atoms with Gasteiger partial charge in [0.05, 0.1) is 17.1 Å². The smallest absolute Gasteiger partial charge is 0.243 e. The van der Waals surface area contributed by atoms with E-state index in [9.17, 15) is 23.7 Å². The lowest BCUT2D eigenvalue weighted by Crippen LogP contribution is -2.58. The van der Waals surface area contributed by atoms with Crippen LogP contribution in [0.1, 0.15) is 38.7 Å². The van der Waals surface area contributed by atoms with E-state index < -0.39 is 46.8 Å². The van der Waals surface area contributed by atoms with Crippen LogP contribution in [0.2, 0.25) is 0 Å². The van der Waals surface area contributed by atoms with Crippen molar-refractivity contribution in [3.63, 3.8) is 0 Å². The van der Waals surface area contributed by atoms with Crippen LogP contribution in [-0.4, -0.2) is 77.4 Å². The van der Waals surface area contributed by atoms with Gasteiger partial charge < -0.3 is 24.8 Å². The summed E-state index contributed by atoms with van der Waals surface area (Å²) < 4.78 is 38.9. The summed E-state index contributed by atoms with van der Waals surface area (Å²) in [6.07, 6.45) is -4.17. The van der Waals surface area contributed by atoms with Crippen LogP contribution in [0.15, 0.2) is 29.2 Å². The lowest BCUT2D eigenvalue weighted by Gasteiger charge is -2.40. The Hall–Kier alpha value is -1.07. The number of hydrogen-bond acceptors (Lipinski definition) is 7. The van der Waals surface area contributed by atoms with Gasteiger partial charge in [-0.3, -0.25) is 0 Å². The van der Waals surface area contributed by atoms with Gasteiger partial charge in [0.1, 0.15) is 18.3 Å². The topological polar surface area (TPSA) is 117 Å². The van der Waals surface area contributed by atoms with Gasteiger partial charge in [0.15, 0.2) is 6.29 Å². The minimum Gasteiger partial charge on any atom is -0.388 e. The first-order valence-corrected chi connectivity index (χ1v) is 11.5. The average Bonchev–Trinajstić information content (AvgIpc) is 3.13. The molecule has 0 aromatic heterocycles. The SMILES string of the molecule is Cc1ccc(S(=O)(=O)N2CCC[C@@H]2C[C@H](C)O[C@H]2O[C@@H](C)[C@@H](O)[C@@H](O)[C@@H]2O)cc1. The molecule has 0 bridgehead atoms. The number of sulfonamides is 1. The molecular weight excluding hydrogens is 398 g/mol. The quantitative estimate of drug-likeness (QED) is 0.612. The summed E-state index contributed by atoms with van der Waals surface area (Å²) in [4.78, 5) is 0.278. The molecular formula is C20H31NO7S. The van der Waals surface area contributed by atoms with Crippen molar-refractivity contribution in [3.8, 4) is 0 Å². The second-order valence-electron chi connectivity index (χ2n) is 8.09. The van der Waals surface area contributed by atoms with E-state index in [0.29, 0.717) is 13.0 Å². The fourth-order valence-electron chi connectivity index (χ4n) is 4.00. The van der Waals surface area contributed by atoms with Crippen LogP contribution in [0.3, 0.4) is 0 Å². The zero-order valence-corrected chi connectivity index (χ0v) is 17.8. The molecule has 164 valence electrons. The Morgan fingerprint density at radius 2 is 1.83 bits per heavy atom. The van der Waals surface area contributed by atoms with Gasteiger partial charge >= 0.3 is 0 Å². The summed E-state index contributed by atoms with van der Waals surface area (Å²) in [5.74, 6) is 0. The fourth-order valence-corrected chi connectivity index (χ4v) is 5.70. The van der Waals surface area contributed by atoms with Gasteiger partial charge in [-0.05, 0) is 52.2 Å². The molecule has 2 heterocycles. The molecule has 2 aliphatic rings. The van der Waals surface area contributed by atoms with Gasteiger partial charge in [0, 0.05) is 12.6 Å². The number of aliphatic hydroxyl groups excluding tert-OH is 3. The Bertz CT molecular complexity index is 785. The zero-order chi connectivity index (χ0) is 21.3. The van der Waals surface area contributed by atoms with Crippen LogP contribution in [0.25, 0.3) is 0 Å². The minimum atomic E-state index is -3.59. The van der Waals surface area contributed by atoms with E-state index in [1.807, 2.05) is 6.92 Å². The maximum Gasteiger partial charge on any atom is 0.243 e. The summed E-state index contributed by atoms with van der Waals surface area (Å²) in [5, 5.41) is 29.8. The molecule has 0 spiro atoms. The summed E-state index contributed by atoms with van der Waals surface area (Å²) in [6, 6.07) is 6.60. The van der Waals surface area contributed by atoms with E-state index in [1.165, 1.54) is 4.31 Å². The third kappa shape index (κ3) is 4.82. The van der Waals surface area contributed by atoms with Crippen molar-refractivity contribution in [2.45, 2.75) is 87.8 Å². The van der Waals surface area contributed by atoms with Crippen molar-refractivity contribution in [1.82, 2.24) is 4.31 Å². The molecule has 9 heteroatoms. The third-order valence-corrected chi connectivity index (χ3v) is 7.70. The maximum atomic E-state index is 13.1. The van der Waals surface area contributed by atoms with Gasteiger partial charge in [0.2, 0.25) is 10.0 Å². The Morgan fingerprint density at radius 3 is 2.48 bits per heavy atom. The lowest BCUT2D eigenvalue weighted by atomic mass is 10.00. The van der Waals surface area contributed by atoms with Crippen LogP contribution < -0.4 is 0 Å². The van der Waals surface area contributed by atoms with E-state index in [1.54, 1.807) is 38.1 Å². The Balaban J connectivity index is 1.65. The molecule has 0 unspecified atom stereocenters. The molecule has 8 nitrogen and oxygen atoms in total. The summed E-state index contributed by atoms with van der Waals surface area (Å²) in [7, 11) is -3.59. The van der Waals surface area contributed by atoms with Crippen molar-refractivity contribution in [2.24, 2.45) is 0 Å². The van der Waals surface area contributed by atoms with E-state index in [-0.39, 0.29) is 10.9 Å². The molecule has 2 fully saturated rings. The van der Waals surface area contributed by atoms with E-state index in [4.69, 9.17) is 9.47 Å². The second-order valence-corrected chi connectivity index (χ2v) is 9.98. The number of benzene rings is 1. The minimum absolute atomic E-state index is 0.218. The second kappa shape index (κ2) is 8.97. The Labute approximate surface area is 172 Å². The number of rotatable bonds is 6. The van der Waals surface area contributed by atoms with Crippen molar-refractivity contribution in [3.05, 3.63) is 29.8 Å². The largest absolute Gasteiger partial charge is 0.388 e. The molecule has 7 atom stereocenters. The lowest BCUT2D eigenvalue weighted by molar-refractivity contribution is -0.303. The molecule has 2 aliphatic heterocycles. The highest BCUT2D eigenvalue weighted by atomic mass is 32.2. The van der Waals surface area contributed by atoms with Crippen LogP contribution in [0, 0.1) is 6.92 Å². The number of hydrogen-bond donors (Lipinski definition) is 3. The molecule has 0 saturated carbocycles. The molecule has 3 N–H and O–H groups in total. The highest BCUT2D eigenvalue weighted by molar-refractivity contribution is 7.89. The number of aliphatic hydroxyl groups is 3. The van der Waals surface area contributed by atoms with Crippen molar-refractivity contribution < 1.29 is 33.2 Å². The summed E-state index contributed by atoms with van der Waals surface area (Å²) >= 11 is 0. The van der Waals surface area contributed by atoms with Gasteiger partial charge in [-0.1, -0.05) is 17.7 Å². The van der Waals surface area contributed by atoms with Crippen molar-refractivity contribution >= 4 is 10.0 Å². The van der Waals surface area contributed by atoms with E-state index >= 15 is 0 Å². The monoisotopic (exact) mass is 429 g/mol. The maximum absolute atomic E-state index is 13.1. The normalized spacial score (nSPS) is 35.0. The van der Waals surface area contributed by atoms with Crippen molar-refractivity contribution in [1.29, 1.82) is 0 Å². The van der Waals surface area contributed by atoms with Crippen LogP contribution >= 0.6 is 0 Å². The van der Waals surface area contributed by atoms with Gasteiger partial charge in [-0.25, -0.2) is 8.42 Å². The Kier molecular flexibility index (Phi) is 6.99. The molecule has 0 aliphatic carbocycles. The number of aryl methyl sites for hydroxylation is 1. The predicted octanol–water partition coefficient (Wildman–Crippen LogP) is 0.771. The highest BCUT2D eigenvalue weighted by Gasteiger charge is 2.43. The first kappa shape index (κ1) is 22.6. The van der Waals surface area contributed by atoms with Gasteiger partial charge in [0.25, 0.3) is 0 Å². The predicted molar refractivity (Wildman–Crippen MR) is 106 cm³/mol. The molecule has 0 radical (unpaired) electrons. The van der Waals surface area contributed by atoms with Gasteiger partial charge in [-0.2, -0.15) is 4.31 Å². The molecule has 3 rings (SSSR count). The first-order valence-electron chi connectivity index (χ1n) is 10.0. The van der Waals surface area contributed by atoms with E-state index in [2.05, 4.69) is 0 Å². The van der Waals surface area contributed by atoms with Crippen LogP contribution in [0.4, 0.5) is 0 Å². The Morgan fingerprint density at radius 1 is 1.17 bits per heavy atom. The van der Waals surface area contributed by atoms with E-state index in [0.717, 1.165) is 18.4 Å². The molecule has 0 amide bonds.